The van der Waals surface area contributed by atoms with Gasteiger partial charge in [0.1, 0.15) is 35.4 Å². The number of carbonyl (C=O) groups excluding carboxylic acids is 1. The van der Waals surface area contributed by atoms with Crippen molar-refractivity contribution in [2.45, 2.75) is 26.7 Å². The summed E-state index contributed by atoms with van der Waals surface area (Å²) in [5.41, 5.74) is 0.348. The van der Waals surface area contributed by atoms with Gasteiger partial charge in [-0.2, -0.15) is 0 Å². The van der Waals surface area contributed by atoms with E-state index in [0.29, 0.717) is 30.5 Å². The first-order valence-corrected chi connectivity index (χ1v) is 8.77. The fourth-order valence-corrected chi connectivity index (χ4v) is 2.26. The van der Waals surface area contributed by atoms with E-state index in [-0.39, 0.29) is 5.91 Å². The molecule has 0 bridgehead atoms. The summed E-state index contributed by atoms with van der Waals surface area (Å²) in [6.45, 7) is 5.47. The van der Waals surface area contributed by atoms with Crippen LogP contribution in [0.15, 0.2) is 30.3 Å². The second-order valence-electron chi connectivity index (χ2n) is 5.75. The number of benzene rings is 1. The number of nitrogens with one attached hydrogen (secondary N) is 2. The number of aryl methyl sites for hydroxylation is 1. The number of ether oxygens (including phenoxy) is 2. The zero-order valence-corrected chi connectivity index (χ0v) is 15.5. The van der Waals surface area contributed by atoms with Gasteiger partial charge in [0.15, 0.2) is 0 Å². The van der Waals surface area contributed by atoms with E-state index in [2.05, 4.69) is 27.5 Å². The maximum atomic E-state index is 12.3. The molecule has 7 nitrogen and oxygen atoms in total. The number of nitrogens with zero attached hydrogens (tertiary/aromatic N) is 2. The molecule has 0 spiro atoms. The van der Waals surface area contributed by atoms with E-state index in [9.17, 15) is 4.79 Å². The average molecular weight is 358 g/mol. The molecule has 0 fully saturated rings. The van der Waals surface area contributed by atoms with Gasteiger partial charge in [0, 0.05) is 12.6 Å². The smallest absolute Gasteiger partial charge is 0.270 e. The van der Waals surface area contributed by atoms with Crippen LogP contribution in [0, 0.1) is 6.92 Å². The molecule has 2 N–H and O–H groups in total. The third kappa shape index (κ3) is 6.23. The summed E-state index contributed by atoms with van der Waals surface area (Å²) in [7, 11) is 1.62. The number of hydrogen-bond acceptors (Lipinski definition) is 6. The Morgan fingerprint density at radius 2 is 1.85 bits per heavy atom. The molecule has 0 saturated carbocycles. The van der Waals surface area contributed by atoms with Crippen molar-refractivity contribution in [3.63, 3.8) is 0 Å². The molecule has 2 aromatic rings. The number of rotatable bonds is 10. The highest BCUT2D eigenvalue weighted by Gasteiger charge is 2.10. The van der Waals surface area contributed by atoms with Crippen molar-refractivity contribution in [1.29, 1.82) is 0 Å². The number of hydrogen-bond donors (Lipinski definition) is 2. The number of unbranched alkanes of at least 4 members (excludes halogenated alkanes) is 1. The number of carbonyl (C=O) groups is 1. The standard InChI is InChI=1S/C19H26N4O3/c1-4-5-10-20-18-13-17(22-14(2)23-18)19(24)21-11-12-26-16-8-6-15(25-3)7-9-16/h6-9,13H,4-5,10-12H2,1-3H3,(H,21,24)(H,20,22,23). The molecule has 0 saturated heterocycles. The largest absolute Gasteiger partial charge is 0.497 e. The molecule has 0 aliphatic rings. The van der Waals surface area contributed by atoms with Gasteiger partial charge in [-0.15, -0.1) is 0 Å². The van der Waals surface area contributed by atoms with Crippen molar-refractivity contribution in [3.05, 3.63) is 41.9 Å². The highest BCUT2D eigenvalue weighted by atomic mass is 16.5. The molecule has 26 heavy (non-hydrogen) atoms. The van der Waals surface area contributed by atoms with Crippen molar-refractivity contribution in [1.82, 2.24) is 15.3 Å². The summed E-state index contributed by atoms with van der Waals surface area (Å²) in [5.74, 6) is 2.48. The van der Waals surface area contributed by atoms with E-state index in [0.717, 1.165) is 30.9 Å². The SMILES string of the molecule is CCCCNc1cc(C(=O)NCCOc2ccc(OC)cc2)nc(C)n1. The number of aromatic nitrogens is 2. The minimum atomic E-state index is -0.243. The van der Waals surface area contributed by atoms with E-state index in [1.807, 2.05) is 24.3 Å². The lowest BCUT2D eigenvalue weighted by atomic mass is 10.3. The molecule has 0 unspecified atom stereocenters. The fourth-order valence-electron chi connectivity index (χ4n) is 2.26. The number of anilines is 1. The van der Waals surface area contributed by atoms with Gasteiger partial charge in [0.25, 0.3) is 5.91 Å². The van der Waals surface area contributed by atoms with Crippen LogP contribution in [-0.2, 0) is 0 Å². The molecule has 1 aromatic heterocycles. The van der Waals surface area contributed by atoms with Gasteiger partial charge in [-0.05, 0) is 37.6 Å². The Bertz CT molecular complexity index is 704. The molecule has 0 atom stereocenters. The molecular weight excluding hydrogens is 332 g/mol. The monoisotopic (exact) mass is 358 g/mol. The zero-order valence-electron chi connectivity index (χ0n) is 15.5. The Balaban J connectivity index is 1.81. The third-order valence-electron chi connectivity index (χ3n) is 3.62. The van der Waals surface area contributed by atoms with Crippen LogP contribution < -0.4 is 20.1 Å². The molecule has 140 valence electrons. The zero-order chi connectivity index (χ0) is 18.8. The van der Waals surface area contributed by atoms with Crippen LogP contribution >= 0.6 is 0 Å². The van der Waals surface area contributed by atoms with Crippen LogP contribution in [0.3, 0.4) is 0 Å². The van der Waals surface area contributed by atoms with Crippen molar-refractivity contribution < 1.29 is 14.3 Å². The molecule has 1 heterocycles. The van der Waals surface area contributed by atoms with E-state index in [4.69, 9.17) is 9.47 Å². The molecule has 7 heteroatoms. The summed E-state index contributed by atoms with van der Waals surface area (Å²) < 4.78 is 10.7. The predicted molar refractivity (Wildman–Crippen MR) is 101 cm³/mol. The summed E-state index contributed by atoms with van der Waals surface area (Å²) in [5, 5.41) is 6.02. The second-order valence-corrected chi connectivity index (χ2v) is 5.75. The Morgan fingerprint density at radius 1 is 1.12 bits per heavy atom. The normalized spacial score (nSPS) is 10.3. The maximum Gasteiger partial charge on any atom is 0.270 e. The van der Waals surface area contributed by atoms with Crippen LogP contribution in [0.1, 0.15) is 36.1 Å². The van der Waals surface area contributed by atoms with Gasteiger partial charge in [-0.1, -0.05) is 13.3 Å². The van der Waals surface area contributed by atoms with Gasteiger partial charge in [0.2, 0.25) is 0 Å². The second kappa shape index (κ2) is 10.2. The van der Waals surface area contributed by atoms with Crippen LogP contribution in [0.4, 0.5) is 5.82 Å². The quantitative estimate of drug-likeness (QED) is 0.635. The highest BCUT2D eigenvalue weighted by molar-refractivity contribution is 5.92. The van der Waals surface area contributed by atoms with Gasteiger partial charge in [0.05, 0.1) is 13.7 Å². The minimum Gasteiger partial charge on any atom is -0.497 e. The highest BCUT2D eigenvalue weighted by Crippen LogP contribution is 2.16. The van der Waals surface area contributed by atoms with Gasteiger partial charge in [-0.25, -0.2) is 9.97 Å². The van der Waals surface area contributed by atoms with E-state index < -0.39 is 0 Å². The molecule has 2 rings (SSSR count). The lowest BCUT2D eigenvalue weighted by Crippen LogP contribution is -2.29. The summed E-state index contributed by atoms with van der Waals surface area (Å²) in [6.07, 6.45) is 2.14. The third-order valence-corrected chi connectivity index (χ3v) is 3.62. The number of amides is 1. The topological polar surface area (TPSA) is 85.4 Å². The van der Waals surface area contributed by atoms with E-state index >= 15 is 0 Å². The van der Waals surface area contributed by atoms with E-state index in [1.54, 1.807) is 20.1 Å². The van der Waals surface area contributed by atoms with Crippen molar-refractivity contribution >= 4 is 11.7 Å². The van der Waals surface area contributed by atoms with Crippen LogP contribution in [0.5, 0.6) is 11.5 Å². The fraction of sp³-hybridized carbons (Fsp3) is 0.421. The molecule has 1 aromatic carbocycles. The summed E-state index contributed by atoms with van der Waals surface area (Å²) in [4.78, 5) is 20.8. The molecule has 1 amide bonds. The Kier molecular flexibility index (Phi) is 7.67. The Labute approximate surface area is 154 Å². The van der Waals surface area contributed by atoms with Gasteiger partial charge < -0.3 is 20.1 Å². The molecule has 0 aliphatic heterocycles. The minimum absolute atomic E-state index is 0.243. The molecular formula is C19H26N4O3. The first-order valence-electron chi connectivity index (χ1n) is 8.77. The van der Waals surface area contributed by atoms with E-state index in [1.165, 1.54) is 0 Å². The van der Waals surface area contributed by atoms with Gasteiger partial charge >= 0.3 is 0 Å². The lowest BCUT2D eigenvalue weighted by molar-refractivity contribution is 0.0941. The van der Waals surface area contributed by atoms with Crippen LogP contribution in [-0.4, -0.2) is 42.7 Å². The van der Waals surface area contributed by atoms with Gasteiger partial charge in [-0.3, -0.25) is 4.79 Å². The molecule has 0 aliphatic carbocycles. The predicted octanol–water partition coefficient (Wildman–Crippen LogP) is 2.81. The van der Waals surface area contributed by atoms with Crippen molar-refractivity contribution in [2.75, 3.05) is 32.1 Å². The Hall–Kier alpha value is -2.83. The van der Waals surface area contributed by atoms with Crippen LogP contribution in [0.25, 0.3) is 0 Å². The first kappa shape index (κ1) is 19.5. The van der Waals surface area contributed by atoms with Crippen LogP contribution in [0.2, 0.25) is 0 Å². The summed E-state index contributed by atoms with van der Waals surface area (Å²) in [6, 6.07) is 8.96. The lowest BCUT2D eigenvalue weighted by Gasteiger charge is -2.10. The average Bonchev–Trinajstić information content (AvgIpc) is 2.65. The molecule has 0 radical (unpaired) electrons. The maximum absolute atomic E-state index is 12.3. The van der Waals surface area contributed by atoms with Crippen molar-refractivity contribution in [2.24, 2.45) is 0 Å². The van der Waals surface area contributed by atoms with Crippen molar-refractivity contribution in [3.8, 4) is 11.5 Å². The Morgan fingerprint density at radius 3 is 2.54 bits per heavy atom. The number of methoxy groups -OCH3 is 1. The first-order chi connectivity index (χ1) is 12.6. The summed E-state index contributed by atoms with van der Waals surface area (Å²) >= 11 is 0.